The molecule has 0 atom stereocenters. The standard InChI is InChI=1S/C29H56/c1-3-5-7-9-11-13-15-17-19-21-23-25-27-29-28-26-24-22-20-18-16-14-12-10-8-6-4-2/h17,19,23,25H,3-16,18,20-22,24,26-29H2,1-2H3/b19-17+,25-23+. The van der Waals surface area contributed by atoms with Gasteiger partial charge in [0.1, 0.15) is 0 Å². The van der Waals surface area contributed by atoms with E-state index in [-0.39, 0.29) is 0 Å². The Balaban J connectivity index is 3.12. The van der Waals surface area contributed by atoms with Gasteiger partial charge in [-0.25, -0.2) is 0 Å². The molecule has 0 aliphatic carbocycles. The Bertz CT molecular complexity index is 325. The van der Waals surface area contributed by atoms with E-state index in [0.29, 0.717) is 0 Å². The number of rotatable bonds is 24. The van der Waals surface area contributed by atoms with Gasteiger partial charge in [-0.05, 0) is 32.1 Å². The topological polar surface area (TPSA) is 0 Å². The molecule has 0 rings (SSSR count). The number of hydrogen-bond acceptors (Lipinski definition) is 0. The summed E-state index contributed by atoms with van der Waals surface area (Å²) in [7, 11) is 0. The Morgan fingerprint density at radius 2 is 0.586 bits per heavy atom. The second-order valence-electron chi connectivity index (χ2n) is 9.12. The lowest BCUT2D eigenvalue weighted by Gasteiger charge is -2.02. The molecule has 0 bridgehead atoms. The molecule has 0 heteroatoms. The van der Waals surface area contributed by atoms with Crippen LogP contribution in [0.15, 0.2) is 24.3 Å². The zero-order valence-electron chi connectivity index (χ0n) is 20.6. The van der Waals surface area contributed by atoms with Crippen LogP contribution in [-0.2, 0) is 0 Å². The van der Waals surface area contributed by atoms with Crippen LogP contribution >= 0.6 is 0 Å². The summed E-state index contributed by atoms with van der Waals surface area (Å²) in [5, 5.41) is 0. The Hall–Kier alpha value is -0.520. The summed E-state index contributed by atoms with van der Waals surface area (Å²) in [6.07, 6.45) is 41.9. The molecule has 0 saturated heterocycles. The summed E-state index contributed by atoms with van der Waals surface area (Å²) in [5.41, 5.74) is 0. The van der Waals surface area contributed by atoms with Gasteiger partial charge in [-0.2, -0.15) is 0 Å². The summed E-state index contributed by atoms with van der Waals surface area (Å²) < 4.78 is 0. The van der Waals surface area contributed by atoms with Crippen LogP contribution < -0.4 is 0 Å². The fourth-order valence-electron chi connectivity index (χ4n) is 4.01. The maximum atomic E-state index is 2.40. The zero-order valence-corrected chi connectivity index (χ0v) is 20.6. The van der Waals surface area contributed by atoms with Crippen molar-refractivity contribution in [1.82, 2.24) is 0 Å². The molecule has 29 heavy (non-hydrogen) atoms. The molecule has 0 saturated carbocycles. The third-order valence-electron chi connectivity index (χ3n) is 6.05. The van der Waals surface area contributed by atoms with Crippen LogP contribution in [0.3, 0.4) is 0 Å². The molecule has 0 spiro atoms. The smallest absolute Gasteiger partial charge is 0.0169 e. The zero-order chi connectivity index (χ0) is 21.1. The lowest BCUT2D eigenvalue weighted by molar-refractivity contribution is 0.536. The van der Waals surface area contributed by atoms with E-state index in [0.717, 1.165) is 6.42 Å². The molecule has 0 fully saturated rings. The van der Waals surface area contributed by atoms with E-state index < -0.39 is 0 Å². The molecule has 0 radical (unpaired) electrons. The van der Waals surface area contributed by atoms with Gasteiger partial charge >= 0.3 is 0 Å². The highest BCUT2D eigenvalue weighted by Gasteiger charge is 1.93. The first-order valence-corrected chi connectivity index (χ1v) is 13.7. The minimum atomic E-state index is 1.13. The van der Waals surface area contributed by atoms with Gasteiger partial charge in [0.25, 0.3) is 0 Å². The third kappa shape index (κ3) is 27.5. The second kappa shape index (κ2) is 27.5. The largest absolute Gasteiger partial charge is 0.0882 e. The molecule has 0 aromatic heterocycles. The Morgan fingerprint density at radius 1 is 0.310 bits per heavy atom. The van der Waals surface area contributed by atoms with Crippen LogP contribution in [0.5, 0.6) is 0 Å². The first kappa shape index (κ1) is 28.5. The number of unbranched alkanes of at least 4 members (excludes halogenated alkanes) is 20. The van der Waals surface area contributed by atoms with E-state index >= 15 is 0 Å². The second-order valence-corrected chi connectivity index (χ2v) is 9.12. The molecular weight excluding hydrogens is 348 g/mol. The average Bonchev–Trinajstić information content (AvgIpc) is 2.74. The average molecular weight is 405 g/mol. The van der Waals surface area contributed by atoms with Crippen LogP contribution in [0.1, 0.15) is 162 Å². The lowest BCUT2D eigenvalue weighted by atomic mass is 10.0. The van der Waals surface area contributed by atoms with Crippen molar-refractivity contribution < 1.29 is 0 Å². The Labute approximate surface area is 186 Å². The summed E-state index contributed by atoms with van der Waals surface area (Å²) in [6, 6.07) is 0. The first-order chi connectivity index (χ1) is 14.4. The molecule has 0 aliphatic heterocycles. The van der Waals surface area contributed by atoms with E-state index in [4.69, 9.17) is 0 Å². The summed E-state index contributed by atoms with van der Waals surface area (Å²) in [4.78, 5) is 0. The Morgan fingerprint density at radius 3 is 0.897 bits per heavy atom. The fraction of sp³-hybridized carbons (Fsp3) is 0.862. The van der Waals surface area contributed by atoms with Crippen molar-refractivity contribution in [1.29, 1.82) is 0 Å². The van der Waals surface area contributed by atoms with E-state index in [1.807, 2.05) is 0 Å². The van der Waals surface area contributed by atoms with Crippen LogP contribution in [0.4, 0.5) is 0 Å². The van der Waals surface area contributed by atoms with Gasteiger partial charge in [0, 0.05) is 0 Å². The minimum Gasteiger partial charge on any atom is -0.0882 e. The molecule has 0 N–H and O–H groups in total. The van der Waals surface area contributed by atoms with Crippen LogP contribution in [0.2, 0.25) is 0 Å². The normalized spacial score (nSPS) is 11.9. The maximum Gasteiger partial charge on any atom is -0.0169 e. The van der Waals surface area contributed by atoms with Crippen molar-refractivity contribution in [2.45, 2.75) is 162 Å². The quantitative estimate of drug-likeness (QED) is 0.111. The number of allylic oxidation sites excluding steroid dienone is 4. The van der Waals surface area contributed by atoms with Crippen molar-refractivity contribution >= 4 is 0 Å². The van der Waals surface area contributed by atoms with Crippen LogP contribution in [-0.4, -0.2) is 0 Å². The fourth-order valence-corrected chi connectivity index (χ4v) is 4.01. The summed E-state index contributed by atoms with van der Waals surface area (Å²) >= 11 is 0. The molecule has 172 valence electrons. The third-order valence-corrected chi connectivity index (χ3v) is 6.05. The summed E-state index contributed by atoms with van der Waals surface area (Å²) in [5.74, 6) is 0. The van der Waals surface area contributed by atoms with Gasteiger partial charge in [0.15, 0.2) is 0 Å². The van der Waals surface area contributed by atoms with E-state index in [1.165, 1.54) is 141 Å². The molecule has 0 aromatic rings. The molecule has 0 aliphatic rings. The van der Waals surface area contributed by atoms with Gasteiger partial charge < -0.3 is 0 Å². The SMILES string of the molecule is CCCCCCCC/C=C/C/C=C/CCCCCCCCCCCCCCCC. The van der Waals surface area contributed by atoms with Gasteiger partial charge in [-0.1, -0.05) is 154 Å². The van der Waals surface area contributed by atoms with Crippen molar-refractivity contribution in [2.24, 2.45) is 0 Å². The minimum absolute atomic E-state index is 1.13. The predicted octanol–water partition coefficient (Wildman–Crippen LogP) is 11.1. The number of hydrogen-bond donors (Lipinski definition) is 0. The summed E-state index contributed by atoms with van der Waals surface area (Å²) in [6.45, 7) is 4.59. The van der Waals surface area contributed by atoms with Gasteiger partial charge in [0.2, 0.25) is 0 Å². The predicted molar refractivity (Wildman–Crippen MR) is 136 cm³/mol. The van der Waals surface area contributed by atoms with Crippen molar-refractivity contribution in [2.75, 3.05) is 0 Å². The van der Waals surface area contributed by atoms with Gasteiger partial charge in [-0.15, -0.1) is 0 Å². The highest BCUT2D eigenvalue weighted by Crippen LogP contribution is 2.13. The first-order valence-electron chi connectivity index (χ1n) is 13.7. The van der Waals surface area contributed by atoms with Gasteiger partial charge in [0.05, 0.1) is 0 Å². The molecule has 0 unspecified atom stereocenters. The highest BCUT2D eigenvalue weighted by molar-refractivity contribution is 4.92. The van der Waals surface area contributed by atoms with E-state index in [2.05, 4.69) is 38.2 Å². The monoisotopic (exact) mass is 404 g/mol. The van der Waals surface area contributed by atoms with Crippen molar-refractivity contribution in [3.05, 3.63) is 24.3 Å². The maximum absolute atomic E-state index is 2.40. The molecule has 0 aromatic carbocycles. The Kier molecular flexibility index (Phi) is 27.0. The molecule has 0 heterocycles. The van der Waals surface area contributed by atoms with Crippen molar-refractivity contribution in [3.8, 4) is 0 Å². The molecule has 0 amide bonds. The van der Waals surface area contributed by atoms with E-state index in [9.17, 15) is 0 Å². The van der Waals surface area contributed by atoms with E-state index in [1.54, 1.807) is 0 Å². The van der Waals surface area contributed by atoms with Crippen LogP contribution in [0, 0.1) is 0 Å². The molecule has 0 nitrogen and oxygen atoms in total. The van der Waals surface area contributed by atoms with Crippen LogP contribution in [0.25, 0.3) is 0 Å². The van der Waals surface area contributed by atoms with Crippen molar-refractivity contribution in [3.63, 3.8) is 0 Å². The van der Waals surface area contributed by atoms with Gasteiger partial charge in [-0.3, -0.25) is 0 Å². The highest BCUT2D eigenvalue weighted by atomic mass is 14.0. The molecular formula is C29H56. The lowest BCUT2D eigenvalue weighted by Crippen LogP contribution is -1.83.